The number of benzene rings is 2. The second kappa shape index (κ2) is 9.15. The SMILES string of the molecule is COc1ccc(CCNC(=O)c2ccc(N3C(=O)[C@@H](C)CS3(=O)=O)cc2Cl)cc1OC. The molecule has 0 saturated carbocycles. The number of carbonyl (C=O) groups excluding carboxylic acids is 2. The standard InChI is InChI=1S/C21H23ClN2O6S/c1-13-12-31(27,28)24(21(13)26)15-5-6-16(17(22)11-15)20(25)23-9-8-14-4-7-18(29-2)19(10-14)30-3/h4-7,10-11,13H,8-9,12H2,1-3H3,(H,23,25)/t13-/m0/s1. The molecule has 0 spiro atoms. The average molecular weight is 467 g/mol. The van der Waals surface area contributed by atoms with E-state index in [0.717, 1.165) is 9.87 Å². The molecule has 2 amide bonds. The smallest absolute Gasteiger partial charge is 0.252 e. The molecular formula is C21H23ClN2O6S. The molecule has 0 aliphatic carbocycles. The first-order valence-electron chi connectivity index (χ1n) is 9.53. The topological polar surface area (TPSA) is 102 Å². The van der Waals surface area contributed by atoms with Crippen LogP contribution in [0.15, 0.2) is 36.4 Å². The Morgan fingerprint density at radius 3 is 2.45 bits per heavy atom. The number of anilines is 1. The minimum Gasteiger partial charge on any atom is -0.493 e. The zero-order valence-electron chi connectivity index (χ0n) is 17.3. The predicted molar refractivity (Wildman–Crippen MR) is 117 cm³/mol. The van der Waals surface area contributed by atoms with Gasteiger partial charge in [0.25, 0.3) is 5.91 Å². The van der Waals surface area contributed by atoms with E-state index in [9.17, 15) is 18.0 Å². The number of halogens is 1. The molecule has 1 N–H and O–H groups in total. The lowest BCUT2D eigenvalue weighted by atomic mass is 10.1. The summed E-state index contributed by atoms with van der Waals surface area (Å²) < 4.78 is 35.7. The highest BCUT2D eigenvalue weighted by Crippen LogP contribution is 2.31. The third-order valence-corrected chi connectivity index (χ3v) is 7.12. The summed E-state index contributed by atoms with van der Waals surface area (Å²) in [6.45, 7) is 1.91. The molecule has 166 valence electrons. The van der Waals surface area contributed by atoms with Crippen LogP contribution in [0.2, 0.25) is 5.02 Å². The second-order valence-electron chi connectivity index (χ2n) is 7.14. The molecule has 31 heavy (non-hydrogen) atoms. The maximum absolute atomic E-state index is 12.5. The highest BCUT2D eigenvalue weighted by atomic mass is 35.5. The Kier molecular flexibility index (Phi) is 6.76. The molecule has 3 rings (SSSR count). The van der Waals surface area contributed by atoms with Crippen molar-refractivity contribution in [2.75, 3.05) is 30.8 Å². The van der Waals surface area contributed by atoms with Crippen LogP contribution in [0, 0.1) is 5.92 Å². The molecule has 1 aliphatic heterocycles. The maximum Gasteiger partial charge on any atom is 0.252 e. The lowest BCUT2D eigenvalue weighted by molar-refractivity contribution is -0.119. The summed E-state index contributed by atoms with van der Waals surface area (Å²) in [6, 6.07) is 9.64. The first-order valence-corrected chi connectivity index (χ1v) is 11.5. The predicted octanol–water partition coefficient (Wildman–Crippen LogP) is 2.64. The Hall–Kier alpha value is -2.78. The molecule has 2 aromatic rings. The molecule has 1 atom stereocenters. The molecule has 0 unspecified atom stereocenters. The van der Waals surface area contributed by atoms with E-state index in [1.807, 2.05) is 12.1 Å². The van der Waals surface area contributed by atoms with Crippen molar-refractivity contribution in [2.24, 2.45) is 5.92 Å². The van der Waals surface area contributed by atoms with Gasteiger partial charge in [-0.05, 0) is 42.3 Å². The van der Waals surface area contributed by atoms with E-state index in [2.05, 4.69) is 5.32 Å². The van der Waals surface area contributed by atoms with Gasteiger partial charge in [-0.25, -0.2) is 12.7 Å². The van der Waals surface area contributed by atoms with Gasteiger partial charge < -0.3 is 14.8 Å². The van der Waals surface area contributed by atoms with E-state index in [0.29, 0.717) is 24.5 Å². The van der Waals surface area contributed by atoms with Crippen molar-refractivity contribution in [1.29, 1.82) is 0 Å². The molecule has 0 radical (unpaired) electrons. The summed E-state index contributed by atoms with van der Waals surface area (Å²) in [5.41, 5.74) is 1.27. The van der Waals surface area contributed by atoms with Crippen LogP contribution in [0.25, 0.3) is 0 Å². The Bertz CT molecular complexity index is 1120. The van der Waals surface area contributed by atoms with Crippen molar-refractivity contribution in [2.45, 2.75) is 13.3 Å². The Labute approximate surface area is 186 Å². The van der Waals surface area contributed by atoms with Crippen molar-refractivity contribution >= 4 is 39.1 Å². The highest BCUT2D eigenvalue weighted by molar-refractivity contribution is 7.94. The number of ether oxygens (including phenoxy) is 2. The average Bonchev–Trinajstić information content (AvgIpc) is 2.93. The Morgan fingerprint density at radius 1 is 1.16 bits per heavy atom. The van der Waals surface area contributed by atoms with Crippen molar-refractivity contribution in [3.63, 3.8) is 0 Å². The summed E-state index contributed by atoms with van der Waals surface area (Å²) in [5.74, 6) is -0.560. The van der Waals surface area contributed by atoms with Gasteiger partial charge in [-0.15, -0.1) is 0 Å². The van der Waals surface area contributed by atoms with E-state index in [4.69, 9.17) is 21.1 Å². The number of methoxy groups -OCH3 is 2. The molecular weight excluding hydrogens is 444 g/mol. The first kappa shape index (κ1) is 22.9. The number of nitrogens with zero attached hydrogens (tertiary/aromatic N) is 1. The van der Waals surface area contributed by atoms with Crippen LogP contribution < -0.4 is 19.1 Å². The van der Waals surface area contributed by atoms with Crippen LogP contribution in [0.3, 0.4) is 0 Å². The Morgan fingerprint density at radius 2 is 1.87 bits per heavy atom. The molecule has 1 fully saturated rings. The number of amides is 2. The van der Waals surface area contributed by atoms with E-state index >= 15 is 0 Å². The Balaban J connectivity index is 1.67. The molecule has 0 aromatic heterocycles. The summed E-state index contributed by atoms with van der Waals surface area (Å²) in [5, 5.41) is 2.84. The van der Waals surface area contributed by atoms with Gasteiger partial charge in [0.1, 0.15) is 0 Å². The third kappa shape index (κ3) is 4.77. The van der Waals surface area contributed by atoms with Crippen molar-refractivity contribution in [3.05, 3.63) is 52.5 Å². The van der Waals surface area contributed by atoms with Crippen LogP contribution in [0.5, 0.6) is 11.5 Å². The van der Waals surface area contributed by atoms with Crippen LogP contribution >= 0.6 is 11.6 Å². The molecule has 2 aromatic carbocycles. The molecule has 10 heteroatoms. The summed E-state index contributed by atoms with van der Waals surface area (Å²) >= 11 is 6.22. The van der Waals surface area contributed by atoms with E-state index < -0.39 is 27.8 Å². The number of carbonyl (C=O) groups is 2. The molecule has 1 heterocycles. The lowest BCUT2D eigenvalue weighted by Crippen LogP contribution is -2.30. The summed E-state index contributed by atoms with van der Waals surface area (Å²) in [7, 11) is -0.628. The minimum atomic E-state index is -3.74. The first-order chi connectivity index (χ1) is 14.7. The summed E-state index contributed by atoms with van der Waals surface area (Å²) in [4.78, 5) is 24.7. The second-order valence-corrected chi connectivity index (χ2v) is 9.41. The monoisotopic (exact) mass is 466 g/mol. The number of sulfonamides is 1. The van der Waals surface area contributed by atoms with E-state index in [-0.39, 0.29) is 22.0 Å². The molecule has 1 aliphatic rings. The van der Waals surface area contributed by atoms with Crippen molar-refractivity contribution in [1.82, 2.24) is 5.32 Å². The number of nitrogens with one attached hydrogen (secondary N) is 1. The van der Waals surface area contributed by atoms with Gasteiger partial charge in [-0.2, -0.15) is 0 Å². The van der Waals surface area contributed by atoms with Crippen molar-refractivity contribution in [3.8, 4) is 11.5 Å². The quantitative estimate of drug-likeness (QED) is 0.673. The van der Waals surface area contributed by atoms with Crippen LogP contribution in [0.1, 0.15) is 22.8 Å². The molecule has 1 saturated heterocycles. The fourth-order valence-electron chi connectivity index (χ4n) is 3.35. The normalized spacial score (nSPS) is 17.5. The number of hydrogen-bond acceptors (Lipinski definition) is 6. The van der Waals surface area contributed by atoms with Gasteiger partial charge in [-0.3, -0.25) is 9.59 Å². The molecule has 0 bridgehead atoms. The van der Waals surface area contributed by atoms with E-state index in [1.165, 1.54) is 18.2 Å². The highest BCUT2D eigenvalue weighted by Gasteiger charge is 2.42. The van der Waals surface area contributed by atoms with Crippen LogP contribution in [0.4, 0.5) is 5.69 Å². The van der Waals surface area contributed by atoms with Gasteiger partial charge in [0, 0.05) is 6.54 Å². The van der Waals surface area contributed by atoms with Crippen molar-refractivity contribution < 1.29 is 27.5 Å². The largest absolute Gasteiger partial charge is 0.493 e. The number of rotatable bonds is 7. The van der Waals surface area contributed by atoms with Crippen LogP contribution in [-0.2, 0) is 21.2 Å². The van der Waals surface area contributed by atoms with Gasteiger partial charge in [0.15, 0.2) is 11.5 Å². The number of hydrogen-bond donors (Lipinski definition) is 1. The molecule has 8 nitrogen and oxygen atoms in total. The summed E-state index contributed by atoms with van der Waals surface area (Å²) in [6.07, 6.45) is 0.556. The third-order valence-electron chi connectivity index (χ3n) is 4.94. The fraction of sp³-hybridized carbons (Fsp3) is 0.333. The van der Waals surface area contributed by atoms with Gasteiger partial charge in [-0.1, -0.05) is 24.6 Å². The zero-order valence-corrected chi connectivity index (χ0v) is 18.9. The zero-order chi connectivity index (χ0) is 22.8. The van der Waals surface area contributed by atoms with E-state index in [1.54, 1.807) is 27.2 Å². The minimum absolute atomic E-state index is 0.0590. The fourth-order valence-corrected chi connectivity index (χ4v) is 5.43. The van der Waals surface area contributed by atoms with Gasteiger partial charge in [0.2, 0.25) is 15.9 Å². The van der Waals surface area contributed by atoms with Gasteiger partial charge >= 0.3 is 0 Å². The lowest BCUT2D eigenvalue weighted by Gasteiger charge is -2.16. The van der Waals surface area contributed by atoms with Gasteiger partial charge in [0.05, 0.1) is 42.2 Å². The van der Waals surface area contributed by atoms with Crippen LogP contribution in [-0.4, -0.2) is 46.7 Å². The maximum atomic E-state index is 12.5.